The van der Waals surface area contributed by atoms with E-state index in [1.165, 1.54) is 56.9 Å². The number of pyridine rings is 1. The third-order valence-electron chi connectivity index (χ3n) is 5.50. The van der Waals surface area contributed by atoms with Gasteiger partial charge in [-0.2, -0.15) is 0 Å². The van der Waals surface area contributed by atoms with Gasteiger partial charge in [0.2, 0.25) is 10.0 Å². The van der Waals surface area contributed by atoms with Crippen molar-refractivity contribution in [3.05, 3.63) is 83.9 Å². The van der Waals surface area contributed by atoms with Gasteiger partial charge >= 0.3 is 0 Å². The minimum atomic E-state index is -3.64. The van der Waals surface area contributed by atoms with Crippen molar-refractivity contribution in [3.63, 3.8) is 0 Å². The Labute approximate surface area is 207 Å². The van der Waals surface area contributed by atoms with Gasteiger partial charge in [-0.15, -0.1) is 0 Å². The van der Waals surface area contributed by atoms with Crippen LogP contribution in [0.15, 0.2) is 71.8 Å². The van der Waals surface area contributed by atoms with Gasteiger partial charge in [-0.3, -0.25) is 14.7 Å². The van der Waals surface area contributed by atoms with Crippen LogP contribution in [0.2, 0.25) is 0 Å². The van der Waals surface area contributed by atoms with Crippen LogP contribution >= 0.6 is 11.3 Å². The molecular weight excluding hydrogens is 487 g/mol. The fourth-order valence-electron chi connectivity index (χ4n) is 3.49. The maximum atomic E-state index is 13.7. The molecule has 182 valence electrons. The predicted octanol–water partition coefficient (Wildman–Crippen LogP) is 5.10. The van der Waals surface area contributed by atoms with Crippen LogP contribution in [0, 0.1) is 5.82 Å². The molecule has 2 heterocycles. The molecule has 0 aliphatic carbocycles. The SMILES string of the molecule is CCCCN(C)S(=O)(=O)c1ccc(C(=O)N(Cc2ccccn2)c2nc3ccc(F)cc3s2)cc1. The van der Waals surface area contributed by atoms with Crippen molar-refractivity contribution in [1.29, 1.82) is 0 Å². The summed E-state index contributed by atoms with van der Waals surface area (Å²) < 4.78 is 41.3. The average molecular weight is 513 g/mol. The van der Waals surface area contributed by atoms with Crippen molar-refractivity contribution in [3.8, 4) is 0 Å². The quantitative estimate of drug-likeness (QED) is 0.312. The van der Waals surface area contributed by atoms with Crippen LogP contribution < -0.4 is 4.90 Å². The molecule has 0 bridgehead atoms. The number of benzene rings is 2. The molecule has 2 aromatic heterocycles. The van der Waals surface area contributed by atoms with Crippen molar-refractivity contribution in [1.82, 2.24) is 14.3 Å². The Bertz CT molecular complexity index is 1420. The maximum absolute atomic E-state index is 13.7. The van der Waals surface area contributed by atoms with E-state index in [4.69, 9.17) is 0 Å². The number of carbonyl (C=O) groups excluding carboxylic acids is 1. The number of nitrogens with zero attached hydrogens (tertiary/aromatic N) is 4. The van der Waals surface area contributed by atoms with Gasteiger partial charge in [-0.1, -0.05) is 30.7 Å². The second-order valence-electron chi connectivity index (χ2n) is 8.03. The standard InChI is InChI=1S/C25H25FN4O3S2/c1-3-4-15-29(2)35(32,33)21-11-8-18(9-12-21)24(31)30(17-20-7-5-6-14-27-20)25-28-22-13-10-19(26)16-23(22)34-25/h5-14,16H,3-4,15,17H2,1-2H3. The number of carbonyl (C=O) groups is 1. The topological polar surface area (TPSA) is 83.5 Å². The molecule has 35 heavy (non-hydrogen) atoms. The molecule has 2 aromatic carbocycles. The number of aromatic nitrogens is 2. The fourth-order valence-corrected chi connectivity index (χ4v) is 5.69. The summed E-state index contributed by atoms with van der Waals surface area (Å²) in [5.41, 5.74) is 1.55. The molecule has 0 N–H and O–H groups in total. The minimum Gasteiger partial charge on any atom is -0.278 e. The summed E-state index contributed by atoms with van der Waals surface area (Å²) in [6.07, 6.45) is 3.29. The molecule has 10 heteroatoms. The van der Waals surface area contributed by atoms with Crippen LogP contribution in [-0.2, 0) is 16.6 Å². The summed E-state index contributed by atoms with van der Waals surface area (Å²) in [7, 11) is -2.09. The lowest BCUT2D eigenvalue weighted by Gasteiger charge is -2.20. The number of amides is 1. The third-order valence-corrected chi connectivity index (χ3v) is 8.41. The zero-order valence-corrected chi connectivity index (χ0v) is 21.0. The molecule has 0 atom stereocenters. The highest BCUT2D eigenvalue weighted by atomic mass is 32.2. The Balaban J connectivity index is 1.66. The normalized spacial score (nSPS) is 11.8. The largest absolute Gasteiger partial charge is 0.278 e. The Morgan fingerprint density at radius 3 is 2.54 bits per heavy atom. The average Bonchev–Trinajstić information content (AvgIpc) is 3.29. The molecule has 4 aromatic rings. The van der Waals surface area contributed by atoms with Gasteiger partial charge in [0.05, 0.1) is 27.4 Å². The summed E-state index contributed by atoms with van der Waals surface area (Å²) in [4.78, 5) is 24.0. The molecule has 0 radical (unpaired) electrons. The molecule has 0 spiro atoms. The zero-order valence-electron chi connectivity index (χ0n) is 19.4. The van der Waals surface area contributed by atoms with Crippen molar-refractivity contribution >= 4 is 42.6 Å². The number of hydrogen-bond acceptors (Lipinski definition) is 6. The van der Waals surface area contributed by atoms with Crippen LogP contribution in [0.4, 0.5) is 9.52 Å². The lowest BCUT2D eigenvalue weighted by atomic mass is 10.2. The van der Waals surface area contributed by atoms with E-state index in [2.05, 4.69) is 9.97 Å². The summed E-state index contributed by atoms with van der Waals surface area (Å²) in [6.45, 7) is 2.58. The van der Waals surface area contributed by atoms with E-state index in [9.17, 15) is 17.6 Å². The first-order valence-corrected chi connectivity index (χ1v) is 13.4. The smallest absolute Gasteiger partial charge is 0.260 e. The molecule has 4 rings (SSSR count). The molecule has 7 nitrogen and oxygen atoms in total. The summed E-state index contributed by atoms with van der Waals surface area (Å²) in [5.74, 6) is -0.741. The molecule has 1 amide bonds. The van der Waals surface area contributed by atoms with Crippen molar-refractivity contribution in [2.75, 3.05) is 18.5 Å². The van der Waals surface area contributed by atoms with E-state index >= 15 is 0 Å². The van der Waals surface area contributed by atoms with Crippen molar-refractivity contribution in [2.45, 2.75) is 31.2 Å². The van der Waals surface area contributed by atoms with Gasteiger partial charge in [-0.25, -0.2) is 22.1 Å². The maximum Gasteiger partial charge on any atom is 0.260 e. The molecule has 0 aliphatic heterocycles. The number of halogens is 1. The highest BCUT2D eigenvalue weighted by Gasteiger charge is 2.24. The predicted molar refractivity (Wildman–Crippen MR) is 135 cm³/mol. The molecule has 0 fully saturated rings. The molecule has 0 saturated carbocycles. The number of fused-ring (bicyclic) bond motifs is 1. The summed E-state index contributed by atoms with van der Waals surface area (Å²) in [5, 5.41) is 0.400. The van der Waals surface area contributed by atoms with E-state index in [0.29, 0.717) is 33.2 Å². The van der Waals surface area contributed by atoms with Crippen molar-refractivity contribution in [2.24, 2.45) is 0 Å². The van der Waals surface area contributed by atoms with Crippen LogP contribution in [0.3, 0.4) is 0 Å². The number of anilines is 1. The number of rotatable bonds is 9. The van der Waals surface area contributed by atoms with Gasteiger partial charge in [0, 0.05) is 25.4 Å². The van der Waals surface area contributed by atoms with Crippen molar-refractivity contribution < 1.29 is 17.6 Å². The first-order chi connectivity index (χ1) is 16.8. The Morgan fingerprint density at radius 2 is 1.86 bits per heavy atom. The monoisotopic (exact) mass is 512 g/mol. The Morgan fingerprint density at radius 1 is 1.09 bits per heavy atom. The lowest BCUT2D eigenvalue weighted by Crippen LogP contribution is -2.31. The van der Waals surface area contributed by atoms with Gasteiger partial charge in [-0.05, 0) is 61.0 Å². The van der Waals surface area contributed by atoms with Crippen LogP contribution in [0.25, 0.3) is 10.2 Å². The highest BCUT2D eigenvalue weighted by Crippen LogP contribution is 2.31. The van der Waals surface area contributed by atoms with Gasteiger partial charge in [0.1, 0.15) is 5.82 Å². The number of hydrogen-bond donors (Lipinski definition) is 0. The van der Waals surface area contributed by atoms with Gasteiger partial charge in [0.25, 0.3) is 5.91 Å². The molecule has 0 aliphatic rings. The Hall–Kier alpha value is -3.21. The second-order valence-corrected chi connectivity index (χ2v) is 11.1. The highest BCUT2D eigenvalue weighted by molar-refractivity contribution is 7.89. The minimum absolute atomic E-state index is 0.124. The number of thiazole rings is 1. The molecular formula is C25H25FN4O3S2. The van der Waals surface area contributed by atoms with E-state index in [0.717, 1.165) is 12.8 Å². The summed E-state index contributed by atoms with van der Waals surface area (Å²) >= 11 is 1.20. The summed E-state index contributed by atoms with van der Waals surface area (Å²) in [6, 6.07) is 15.6. The molecule has 0 unspecified atom stereocenters. The van der Waals surface area contributed by atoms with Gasteiger partial charge < -0.3 is 0 Å². The van der Waals surface area contributed by atoms with Crippen LogP contribution in [0.5, 0.6) is 0 Å². The van der Waals surface area contributed by atoms with E-state index in [1.54, 1.807) is 31.4 Å². The van der Waals surface area contributed by atoms with Crippen LogP contribution in [-0.4, -0.2) is 42.2 Å². The number of unbranched alkanes of at least 4 members (excludes halogenated alkanes) is 1. The third kappa shape index (κ3) is 5.55. The number of sulfonamides is 1. The van der Waals surface area contributed by atoms with Crippen LogP contribution in [0.1, 0.15) is 35.8 Å². The van der Waals surface area contributed by atoms with E-state index < -0.39 is 10.0 Å². The Kier molecular flexibility index (Phi) is 7.54. The molecule has 0 saturated heterocycles. The fraction of sp³-hybridized carbons (Fsp3) is 0.240. The lowest BCUT2D eigenvalue weighted by molar-refractivity contribution is 0.0984. The van der Waals surface area contributed by atoms with Gasteiger partial charge in [0.15, 0.2) is 5.13 Å². The van der Waals surface area contributed by atoms with E-state index in [-0.39, 0.29) is 23.2 Å². The van der Waals surface area contributed by atoms with E-state index in [1.807, 2.05) is 13.0 Å². The zero-order chi connectivity index (χ0) is 25.0. The first kappa shape index (κ1) is 24.9. The second kappa shape index (κ2) is 10.6. The first-order valence-electron chi connectivity index (χ1n) is 11.1.